The summed E-state index contributed by atoms with van der Waals surface area (Å²) in [7, 11) is 0. The zero-order chi connectivity index (χ0) is 30.2. The molecule has 8 nitrogen and oxygen atoms in total. The number of piperazine rings is 1. The van der Waals surface area contributed by atoms with E-state index in [1.807, 2.05) is 91.2 Å². The van der Waals surface area contributed by atoms with Gasteiger partial charge in [-0.05, 0) is 59.8 Å². The largest absolute Gasteiger partial charge is 0.460 e. The Bertz CT molecular complexity index is 1530. The van der Waals surface area contributed by atoms with E-state index in [0.717, 1.165) is 11.1 Å². The smallest absolute Gasteiger partial charge is 0.325 e. The number of rotatable bonds is 10. The number of hydrogen-bond donors (Lipinski definition) is 1. The second-order valence-electron chi connectivity index (χ2n) is 10.1. The van der Waals surface area contributed by atoms with Crippen molar-refractivity contribution in [2.24, 2.45) is 0 Å². The van der Waals surface area contributed by atoms with E-state index >= 15 is 0 Å². The molecule has 2 atom stereocenters. The van der Waals surface area contributed by atoms with Crippen LogP contribution in [0.5, 0.6) is 11.5 Å². The molecular formula is C33H32ClN3O5S. The molecular weight excluding hydrogens is 586 g/mol. The molecule has 0 saturated carbocycles. The van der Waals surface area contributed by atoms with Gasteiger partial charge in [-0.3, -0.25) is 19.3 Å². The van der Waals surface area contributed by atoms with Crippen molar-refractivity contribution in [1.82, 2.24) is 10.2 Å². The zero-order valence-electron chi connectivity index (χ0n) is 23.6. The number of thiophene rings is 1. The lowest BCUT2D eigenvalue weighted by Crippen LogP contribution is -2.58. The van der Waals surface area contributed by atoms with Crippen molar-refractivity contribution in [2.45, 2.75) is 25.6 Å². The second kappa shape index (κ2) is 14.3. The number of nitrogens with one attached hydrogen (secondary N) is 1. The van der Waals surface area contributed by atoms with Gasteiger partial charge in [0.05, 0.1) is 0 Å². The van der Waals surface area contributed by atoms with Crippen molar-refractivity contribution < 1.29 is 23.9 Å². The van der Waals surface area contributed by atoms with Gasteiger partial charge in [0.1, 0.15) is 36.1 Å². The fourth-order valence-electron chi connectivity index (χ4n) is 4.98. The zero-order valence-corrected chi connectivity index (χ0v) is 25.2. The van der Waals surface area contributed by atoms with Crippen molar-refractivity contribution >= 4 is 46.4 Å². The Morgan fingerprint density at radius 3 is 2.42 bits per heavy atom. The molecule has 1 N–H and O–H groups in total. The fourth-order valence-corrected chi connectivity index (χ4v) is 5.92. The minimum absolute atomic E-state index is 0.111. The molecule has 1 aliphatic heterocycles. The SMILES string of the molecule is Cc1cc(Oc2ccccc2)ccc1N(C(=O)CCl)[C@H](C(=O)N1CCNC(C(=O)OCc2ccccc2)C1)c1cccs1. The summed E-state index contributed by atoms with van der Waals surface area (Å²) in [5, 5.41) is 5.03. The molecule has 43 heavy (non-hydrogen) atoms. The van der Waals surface area contributed by atoms with Crippen LogP contribution in [0.2, 0.25) is 0 Å². The van der Waals surface area contributed by atoms with Gasteiger partial charge in [0.25, 0.3) is 5.91 Å². The van der Waals surface area contributed by atoms with Gasteiger partial charge in [-0.2, -0.15) is 0 Å². The van der Waals surface area contributed by atoms with E-state index in [9.17, 15) is 14.4 Å². The quantitative estimate of drug-likeness (QED) is 0.181. The van der Waals surface area contributed by atoms with Gasteiger partial charge in [-0.25, -0.2) is 0 Å². The summed E-state index contributed by atoms with van der Waals surface area (Å²) in [6.45, 7) is 2.89. The Hall–Kier alpha value is -4.18. The number of ether oxygens (including phenoxy) is 2. The van der Waals surface area contributed by atoms with E-state index < -0.39 is 24.0 Å². The van der Waals surface area contributed by atoms with Gasteiger partial charge in [-0.15, -0.1) is 22.9 Å². The number of halogens is 1. The molecule has 1 saturated heterocycles. The maximum absolute atomic E-state index is 14.3. The Kier molecular flexibility index (Phi) is 10.1. The maximum atomic E-state index is 14.3. The highest BCUT2D eigenvalue weighted by Gasteiger charge is 2.39. The van der Waals surface area contributed by atoms with E-state index in [0.29, 0.717) is 35.2 Å². The number of benzene rings is 3. The molecule has 4 aromatic rings. The standard InChI is InChI=1S/C33H32ClN3O5S/c1-23-19-26(42-25-11-6-3-7-12-25)14-15-28(23)37(30(38)20-34)31(29-13-8-18-43-29)32(39)36-17-16-35-27(21-36)33(40)41-22-24-9-4-2-5-10-24/h2-15,18-19,27,31,35H,16-17,20-22H2,1H3/t27?,31-/m0/s1. The molecule has 0 spiro atoms. The monoisotopic (exact) mass is 617 g/mol. The Balaban J connectivity index is 1.39. The molecule has 1 unspecified atom stereocenters. The third-order valence-electron chi connectivity index (χ3n) is 7.09. The van der Waals surface area contributed by atoms with Crippen LogP contribution in [0.1, 0.15) is 22.0 Å². The topological polar surface area (TPSA) is 88.2 Å². The van der Waals surface area contributed by atoms with Crippen LogP contribution in [-0.4, -0.2) is 54.2 Å². The molecule has 3 aromatic carbocycles. The highest BCUT2D eigenvalue weighted by Crippen LogP contribution is 2.36. The Morgan fingerprint density at radius 1 is 1.00 bits per heavy atom. The Labute approximate surface area is 259 Å². The number of amides is 2. The van der Waals surface area contributed by atoms with E-state index in [1.165, 1.54) is 16.2 Å². The number of nitrogens with zero attached hydrogens (tertiary/aromatic N) is 2. The van der Waals surface area contributed by atoms with Gasteiger partial charge >= 0.3 is 5.97 Å². The third kappa shape index (κ3) is 7.43. The van der Waals surface area contributed by atoms with Crippen LogP contribution in [0.25, 0.3) is 0 Å². The first kappa shape index (κ1) is 30.3. The van der Waals surface area contributed by atoms with Gasteiger partial charge in [0.15, 0.2) is 0 Å². The lowest BCUT2D eigenvalue weighted by atomic mass is 10.1. The molecule has 1 aromatic heterocycles. The summed E-state index contributed by atoms with van der Waals surface area (Å²) in [5.74, 6) is -0.177. The number of anilines is 1. The molecule has 0 bridgehead atoms. The van der Waals surface area contributed by atoms with Crippen molar-refractivity contribution in [3.63, 3.8) is 0 Å². The molecule has 10 heteroatoms. The number of carbonyl (C=O) groups excluding carboxylic acids is 3. The number of aryl methyl sites for hydroxylation is 1. The van der Waals surface area contributed by atoms with Crippen molar-refractivity contribution in [3.05, 3.63) is 112 Å². The van der Waals surface area contributed by atoms with Crippen LogP contribution in [-0.2, 0) is 25.7 Å². The molecule has 1 aliphatic rings. The summed E-state index contributed by atoms with van der Waals surface area (Å²) in [4.78, 5) is 44.5. The van der Waals surface area contributed by atoms with Crippen LogP contribution in [0, 0.1) is 6.92 Å². The first-order valence-corrected chi connectivity index (χ1v) is 15.3. The normalized spacial score (nSPS) is 15.4. The molecule has 1 fully saturated rings. The van der Waals surface area contributed by atoms with Crippen molar-refractivity contribution in [2.75, 3.05) is 30.4 Å². The highest BCUT2D eigenvalue weighted by molar-refractivity contribution is 7.10. The predicted octanol–water partition coefficient (Wildman–Crippen LogP) is 5.71. The third-order valence-corrected chi connectivity index (χ3v) is 8.24. The summed E-state index contributed by atoms with van der Waals surface area (Å²) >= 11 is 7.51. The van der Waals surface area contributed by atoms with Gasteiger partial charge in [0.2, 0.25) is 5.91 Å². The number of alkyl halides is 1. The van der Waals surface area contributed by atoms with Crippen LogP contribution in [0.4, 0.5) is 5.69 Å². The van der Waals surface area contributed by atoms with Crippen LogP contribution in [0.15, 0.2) is 96.4 Å². The minimum Gasteiger partial charge on any atom is -0.460 e. The summed E-state index contributed by atoms with van der Waals surface area (Å²) < 4.78 is 11.5. The maximum Gasteiger partial charge on any atom is 0.325 e. The van der Waals surface area contributed by atoms with Gasteiger partial charge in [-0.1, -0.05) is 54.6 Å². The molecule has 222 valence electrons. The van der Waals surface area contributed by atoms with Crippen LogP contribution >= 0.6 is 22.9 Å². The number of carbonyl (C=O) groups is 3. The lowest BCUT2D eigenvalue weighted by Gasteiger charge is -2.38. The predicted molar refractivity (Wildman–Crippen MR) is 168 cm³/mol. The van der Waals surface area contributed by atoms with Gasteiger partial charge in [0, 0.05) is 30.2 Å². The van der Waals surface area contributed by atoms with E-state index in [2.05, 4.69) is 5.32 Å². The number of hydrogen-bond acceptors (Lipinski definition) is 7. The lowest BCUT2D eigenvalue weighted by molar-refractivity contribution is -0.150. The molecule has 5 rings (SSSR count). The average molecular weight is 618 g/mol. The van der Waals surface area contributed by atoms with E-state index in [-0.39, 0.29) is 24.9 Å². The number of para-hydroxylation sites is 1. The molecule has 2 amide bonds. The van der Waals surface area contributed by atoms with Crippen molar-refractivity contribution in [3.8, 4) is 11.5 Å². The fraction of sp³-hybridized carbons (Fsp3) is 0.242. The van der Waals surface area contributed by atoms with Crippen LogP contribution < -0.4 is 15.0 Å². The van der Waals surface area contributed by atoms with E-state index in [4.69, 9.17) is 21.1 Å². The molecule has 0 radical (unpaired) electrons. The first-order valence-electron chi connectivity index (χ1n) is 13.9. The summed E-state index contributed by atoms with van der Waals surface area (Å²) in [6, 6.07) is 26.2. The number of esters is 1. The molecule has 2 heterocycles. The van der Waals surface area contributed by atoms with Gasteiger partial charge < -0.3 is 19.7 Å². The minimum atomic E-state index is -0.968. The highest BCUT2D eigenvalue weighted by atomic mass is 35.5. The van der Waals surface area contributed by atoms with Crippen LogP contribution in [0.3, 0.4) is 0 Å². The van der Waals surface area contributed by atoms with E-state index in [1.54, 1.807) is 17.0 Å². The van der Waals surface area contributed by atoms with Crippen molar-refractivity contribution in [1.29, 1.82) is 0 Å². The first-order chi connectivity index (χ1) is 20.9. The summed E-state index contributed by atoms with van der Waals surface area (Å²) in [6.07, 6.45) is 0. The summed E-state index contributed by atoms with van der Waals surface area (Å²) in [5.41, 5.74) is 2.17. The molecule has 0 aliphatic carbocycles. The second-order valence-corrected chi connectivity index (χ2v) is 11.3. The average Bonchev–Trinajstić information content (AvgIpc) is 3.58. The Morgan fingerprint density at radius 2 is 1.74 bits per heavy atom.